The molecule has 0 saturated heterocycles. The van der Waals surface area contributed by atoms with Crippen molar-refractivity contribution in [3.8, 4) is 70.8 Å². The van der Waals surface area contributed by atoms with Gasteiger partial charge in [0.15, 0.2) is 22.1 Å². The zero-order valence-electron chi connectivity index (χ0n) is 22.8. The molecule has 2 heterocycles. The van der Waals surface area contributed by atoms with Gasteiger partial charge in [0.05, 0.1) is 68.6 Å². The lowest BCUT2D eigenvalue weighted by molar-refractivity contribution is 0.896. The average molecular weight is 565 g/mol. The van der Waals surface area contributed by atoms with E-state index in [-0.39, 0.29) is 55.4 Å². The van der Waals surface area contributed by atoms with E-state index < -0.39 is 0 Å². The highest BCUT2D eigenvalue weighted by molar-refractivity contribution is 6.17. The topological polar surface area (TPSA) is 226 Å². The van der Waals surface area contributed by atoms with E-state index in [2.05, 4.69) is 0 Å². The quantitative estimate of drug-likeness (QED) is 0.304. The van der Waals surface area contributed by atoms with Crippen LogP contribution < -0.4 is 11.0 Å². The molecule has 5 aromatic rings. The Morgan fingerprint density at radius 2 is 0.795 bits per heavy atom. The molecule has 2 aromatic heterocycles. The molecule has 12 nitrogen and oxygen atoms in total. The fraction of sp³-hybridized carbons (Fsp3) is 0.0625. The highest BCUT2D eigenvalue weighted by Gasteiger charge is 2.27. The molecule has 0 aliphatic carbocycles. The van der Waals surface area contributed by atoms with Crippen molar-refractivity contribution in [2.75, 3.05) is 0 Å². The molecule has 0 bridgehead atoms. The van der Waals surface area contributed by atoms with Crippen molar-refractivity contribution in [3.05, 3.63) is 69.6 Å². The monoisotopic (exact) mass is 564 g/mol. The second-order valence-corrected chi connectivity index (χ2v) is 9.38. The summed E-state index contributed by atoms with van der Waals surface area (Å²) in [7, 11) is 3.16. The summed E-state index contributed by atoms with van der Waals surface area (Å²) < 4.78 is 3.01. The first kappa shape index (κ1) is 27.8. The molecule has 44 heavy (non-hydrogen) atoms. The summed E-state index contributed by atoms with van der Waals surface area (Å²) in [4.78, 5) is 9.41. The maximum absolute atomic E-state index is 9.73. The number of aryl methyl sites for hydroxylation is 2. The van der Waals surface area contributed by atoms with E-state index >= 15 is 0 Å². The summed E-state index contributed by atoms with van der Waals surface area (Å²) >= 11 is 0. The Kier molecular flexibility index (Phi) is 6.75. The Morgan fingerprint density at radius 3 is 1.05 bits per heavy atom. The summed E-state index contributed by atoms with van der Waals surface area (Å²) in [5.74, 6) is 0. The summed E-state index contributed by atoms with van der Waals surface area (Å²) in [5, 5.41) is 77.8. The van der Waals surface area contributed by atoms with Crippen LogP contribution in [-0.2, 0) is 14.1 Å². The minimum atomic E-state index is -0.296. The molecule has 0 spiro atoms. The van der Waals surface area contributed by atoms with Crippen LogP contribution in [0.5, 0.6) is 0 Å². The van der Waals surface area contributed by atoms with Gasteiger partial charge in [-0.05, 0) is 47.5 Å². The lowest BCUT2D eigenvalue weighted by atomic mass is 9.92. The van der Waals surface area contributed by atoms with Gasteiger partial charge in [-0.15, -0.1) is 0 Å². The van der Waals surface area contributed by atoms with Crippen molar-refractivity contribution in [2.45, 2.75) is 0 Å². The molecule has 12 heteroatoms. The van der Waals surface area contributed by atoms with Crippen molar-refractivity contribution in [1.82, 2.24) is 19.1 Å². The molecule has 3 aromatic carbocycles. The van der Waals surface area contributed by atoms with Crippen LogP contribution in [0.25, 0.3) is 55.5 Å². The Morgan fingerprint density at radius 1 is 0.500 bits per heavy atom. The number of hydrogen-bond donors (Lipinski definition) is 0. The van der Waals surface area contributed by atoms with Crippen molar-refractivity contribution in [2.24, 2.45) is 14.1 Å². The molecule has 0 saturated carbocycles. The standard InChI is InChI=1S/C32H12N12/c1-43-29-25(21-5-17(9-33)3-18(6-21)10-34)28-30(44(2)32(42-28)24(15-39)16-40)26(27(29)41-31(43)23(13-37)14-38)22-7-19(11-35)4-20(8-22)12-36/h3-8H,1-2H3. The van der Waals surface area contributed by atoms with Crippen molar-refractivity contribution < 1.29 is 0 Å². The van der Waals surface area contributed by atoms with E-state index in [0.29, 0.717) is 33.3 Å². The van der Waals surface area contributed by atoms with Crippen LogP contribution in [-0.4, -0.2) is 19.1 Å². The zero-order valence-corrected chi connectivity index (χ0v) is 22.8. The van der Waals surface area contributed by atoms with Crippen LogP contribution >= 0.6 is 0 Å². The molecule has 0 fully saturated rings. The number of aromatic nitrogens is 4. The summed E-state index contributed by atoms with van der Waals surface area (Å²) in [5.41, 5.74) is 2.70. The van der Waals surface area contributed by atoms with Gasteiger partial charge in [0.25, 0.3) is 0 Å². The summed E-state index contributed by atoms with van der Waals surface area (Å²) in [6, 6.07) is 24.5. The normalized spacial score (nSPS) is 9.86. The first-order chi connectivity index (χ1) is 21.3. The van der Waals surface area contributed by atoms with E-state index in [9.17, 15) is 42.1 Å². The lowest BCUT2D eigenvalue weighted by Gasteiger charge is -2.14. The predicted molar refractivity (Wildman–Crippen MR) is 153 cm³/mol. The fourth-order valence-corrected chi connectivity index (χ4v) is 5.19. The minimum absolute atomic E-state index is 0.0122. The molecule has 0 unspecified atom stereocenters. The lowest BCUT2D eigenvalue weighted by Crippen LogP contribution is -2.18. The molecular weight excluding hydrogens is 552 g/mol. The minimum Gasteiger partial charge on any atom is -0.325 e. The second kappa shape index (κ2) is 10.7. The molecular formula is C32H12N12. The van der Waals surface area contributed by atoms with Crippen molar-refractivity contribution in [3.63, 3.8) is 0 Å². The molecule has 0 N–H and O–H groups in total. The van der Waals surface area contributed by atoms with Crippen LogP contribution in [0.3, 0.4) is 0 Å². The summed E-state index contributed by atoms with van der Waals surface area (Å²) in [6.45, 7) is 0. The van der Waals surface area contributed by atoms with E-state index in [1.807, 2.05) is 48.6 Å². The maximum atomic E-state index is 9.73. The number of rotatable bonds is 2. The Bertz CT molecular complexity index is 2330. The SMILES string of the molecule is Cn1c(=C(C#N)C#N)nc2c(-c3cc(C#N)cc(C#N)c3)c3c(nc(=C(C#N)C#N)n3C)c(-c3cc(C#N)cc(C#N)c3)c21. The number of nitrogens with zero attached hydrogens (tertiary/aromatic N) is 12. The van der Waals surface area contributed by atoms with Crippen molar-refractivity contribution >= 4 is 33.2 Å². The fourth-order valence-electron chi connectivity index (χ4n) is 5.19. The van der Waals surface area contributed by atoms with Gasteiger partial charge in [-0.25, -0.2) is 9.97 Å². The van der Waals surface area contributed by atoms with Crippen LogP contribution in [0.15, 0.2) is 36.4 Å². The summed E-state index contributed by atoms with van der Waals surface area (Å²) in [6.07, 6.45) is 0. The van der Waals surface area contributed by atoms with Crippen LogP contribution in [0.1, 0.15) is 22.3 Å². The number of imidazole rings is 2. The Labute approximate surface area is 248 Å². The molecule has 0 radical (unpaired) electrons. The molecule has 0 aliphatic heterocycles. The third-order valence-electron chi connectivity index (χ3n) is 6.99. The van der Waals surface area contributed by atoms with Gasteiger partial charge in [0, 0.05) is 25.2 Å². The van der Waals surface area contributed by atoms with Gasteiger partial charge >= 0.3 is 0 Å². The number of nitriles is 8. The van der Waals surface area contributed by atoms with Crippen LogP contribution in [0, 0.1) is 90.6 Å². The smallest absolute Gasteiger partial charge is 0.172 e. The van der Waals surface area contributed by atoms with E-state index in [1.165, 1.54) is 45.5 Å². The number of hydrogen-bond acceptors (Lipinski definition) is 10. The van der Waals surface area contributed by atoms with Gasteiger partial charge in [0.2, 0.25) is 0 Å². The highest BCUT2D eigenvalue weighted by Crippen LogP contribution is 2.42. The Balaban J connectivity index is 2.24. The maximum Gasteiger partial charge on any atom is 0.172 e. The first-order valence-electron chi connectivity index (χ1n) is 12.4. The molecule has 0 aliphatic rings. The van der Waals surface area contributed by atoms with Gasteiger partial charge in [-0.3, -0.25) is 0 Å². The van der Waals surface area contributed by atoms with Crippen LogP contribution in [0.2, 0.25) is 0 Å². The van der Waals surface area contributed by atoms with Crippen LogP contribution in [0.4, 0.5) is 0 Å². The van der Waals surface area contributed by atoms with Gasteiger partial charge in [-0.1, -0.05) is 0 Å². The Hall–Kier alpha value is -7.74. The van der Waals surface area contributed by atoms with Gasteiger partial charge in [0.1, 0.15) is 24.3 Å². The van der Waals surface area contributed by atoms with E-state index in [4.69, 9.17) is 9.97 Å². The van der Waals surface area contributed by atoms with Crippen molar-refractivity contribution in [1.29, 1.82) is 42.1 Å². The highest BCUT2D eigenvalue weighted by atomic mass is 15.1. The molecule has 0 atom stereocenters. The zero-order chi connectivity index (χ0) is 31.7. The number of fused-ring (bicyclic) bond motifs is 2. The third-order valence-corrected chi connectivity index (χ3v) is 6.99. The number of benzene rings is 3. The van der Waals surface area contributed by atoms with E-state index in [1.54, 1.807) is 14.1 Å². The van der Waals surface area contributed by atoms with Gasteiger partial charge < -0.3 is 9.13 Å². The largest absolute Gasteiger partial charge is 0.325 e. The van der Waals surface area contributed by atoms with E-state index in [0.717, 1.165) is 0 Å². The third kappa shape index (κ3) is 4.09. The van der Waals surface area contributed by atoms with Gasteiger partial charge in [-0.2, -0.15) is 42.1 Å². The predicted octanol–water partition coefficient (Wildman–Crippen LogP) is 2.68. The molecule has 200 valence electrons. The first-order valence-corrected chi connectivity index (χ1v) is 12.4. The second-order valence-electron chi connectivity index (χ2n) is 9.38. The molecule has 5 rings (SSSR count). The average Bonchev–Trinajstić information content (AvgIpc) is 3.57. The molecule has 0 amide bonds.